The van der Waals surface area contributed by atoms with E-state index in [1.807, 2.05) is 38.1 Å². The number of fused-ring (bicyclic) bond motifs is 1. The summed E-state index contributed by atoms with van der Waals surface area (Å²) < 4.78 is 6.54. The monoisotopic (exact) mass is 518 g/mol. The number of rotatable bonds is 8. The molecule has 0 aromatic heterocycles. The van der Waals surface area contributed by atoms with E-state index in [1.54, 1.807) is 42.2 Å². The number of carboxylic acid groups (broad SMARTS) is 1. The lowest BCUT2D eigenvalue weighted by atomic mass is 9.66. The first-order valence-electron chi connectivity index (χ1n) is 13.0. The number of aryl methyl sites for hydroxylation is 2. The van der Waals surface area contributed by atoms with Crippen LogP contribution in [0.4, 0.5) is 5.69 Å². The van der Waals surface area contributed by atoms with Crippen molar-refractivity contribution in [2.75, 3.05) is 18.1 Å². The fourth-order valence-electron chi connectivity index (χ4n) is 7.18. The summed E-state index contributed by atoms with van der Waals surface area (Å²) in [5, 5.41) is 20.8. The highest BCUT2D eigenvalue weighted by atomic mass is 16.5. The molecule has 1 spiro atoms. The Morgan fingerprint density at radius 1 is 1.16 bits per heavy atom. The molecule has 5 rings (SSSR count). The van der Waals surface area contributed by atoms with Gasteiger partial charge in [-0.2, -0.15) is 0 Å². The molecule has 0 radical (unpaired) electrons. The molecule has 8 heteroatoms. The third-order valence-corrected chi connectivity index (χ3v) is 8.69. The SMILES string of the molecule is C=CCN(C(=O)C1N([C@H](CO)c2ccccc2)C(=O)[C@@H]2[C@@H](C(=O)O)[C@@]3(C)CCC12O3)c1c(C)cccc1C. The highest BCUT2D eigenvalue weighted by Crippen LogP contribution is 2.64. The minimum atomic E-state index is -1.32. The number of hydrogen-bond acceptors (Lipinski definition) is 5. The highest BCUT2D eigenvalue weighted by molar-refractivity contribution is 6.05. The summed E-state index contributed by atoms with van der Waals surface area (Å²) in [6, 6.07) is 12.8. The number of aliphatic hydroxyl groups is 1. The number of benzene rings is 2. The zero-order chi connectivity index (χ0) is 27.4. The molecule has 3 heterocycles. The predicted octanol–water partition coefficient (Wildman–Crippen LogP) is 3.41. The van der Waals surface area contributed by atoms with Gasteiger partial charge in [-0.25, -0.2) is 0 Å². The summed E-state index contributed by atoms with van der Waals surface area (Å²) in [5.41, 5.74) is 0.785. The molecule has 3 saturated heterocycles. The molecule has 0 aliphatic carbocycles. The van der Waals surface area contributed by atoms with E-state index >= 15 is 0 Å². The van der Waals surface area contributed by atoms with E-state index in [0.29, 0.717) is 18.4 Å². The van der Waals surface area contributed by atoms with Gasteiger partial charge in [0.15, 0.2) is 0 Å². The maximum absolute atomic E-state index is 14.7. The van der Waals surface area contributed by atoms with Crippen LogP contribution in [-0.4, -0.2) is 63.3 Å². The fraction of sp³-hybridized carbons (Fsp3) is 0.433. The van der Waals surface area contributed by atoms with Crippen molar-refractivity contribution in [3.05, 3.63) is 77.9 Å². The van der Waals surface area contributed by atoms with Crippen LogP contribution in [0.2, 0.25) is 0 Å². The molecule has 6 atom stereocenters. The molecule has 2 bridgehead atoms. The van der Waals surface area contributed by atoms with E-state index in [2.05, 4.69) is 6.58 Å². The van der Waals surface area contributed by atoms with Gasteiger partial charge in [0.1, 0.15) is 11.6 Å². The quantitative estimate of drug-likeness (QED) is 0.519. The van der Waals surface area contributed by atoms with Gasteiger partial charge in [-0.1, -0.05) is 54.6 Å². The topological polar surface area (TPSA) is 107 Å². The average Bonchev–Trinajstić information content (AvgIpc) is 3.45. The molecule has 2 aromatic rings. The minimum absolute atomic E-state index is 0.193. The van der Waals surface area contributed by atoms with Gasteiger partial charge in [0, 0.05) is 12.2 Å². The van der Waals surface area contributed by atoms with Crippen molar-refractivity contribution in [3.63, 3.8) is 0 Å². The number of carbonyl (C=O) groups is 3. The minimum Gasteiger partial charge on any atom is -0.481 e. The lowest BCUT2D eigenvalue weighted by Crippen LogP contribution is -2.57. The Balaban J connectivity index is 1.70. The van der Waals surface area contributed by atoms with Crippen LogP contribution in [0.25, 0.3) is 0 Å². The molecule has 2 amide bonds. The number of likely N-dealkylation sites (tertiary alicyclic amines) is 1. The predicted molar refractivity (Wildman–Crippen MR) is 141 cm³/mol. The number of aliphatic hydroxyl groups excluding tert-OH is 1. The molecule has 200 valence electrons. The number of carboxylic acids is 1. The van der Waals surface area contributed by atoms with Gasteiger partial charge >= 0.3 is 5.97 Å². The van der Waals surface area contributed by atoms with Gasteiger partial charge in [-0.15, -0.1) is 6.58 Å². The van der Waals surface area contributed by atoms with E-state index in [1.165, 1.54) is 4.90 Å². The Bertz CT molecular complexity index is 1270. The smallest absolute Gasteiger partial charge is 0.310 e. The summed E-state index contributed by atoms with van der Waals surface area (Å²) in [6.07, 6.45) is 2.43. The molecule has 3 fully saturated rings. The number of nitrogens with zero attached hydrogens (tertiary/aromatic N) is 2. The Kier molecular flexibility index (Phi) is 6.44. The van der Waals surface area contributed by atoms with Crippen molar-refractivity contribution >= 4 is 23.5 Å². The second-order valence-corrected chi connectivity index (χ2v) is 10.9. The van der Waals surface area contributed by atoms with Crippen LogP contribution in [0.3, 0.4) is 0 Å². The molecule has 38 heavy (non-hydrogen) atoms. The third-order valence-electron chi connectivity index (χ3n) is 8.69. The van der Waals surface area contributed by atoms with Crippen molar-refractivity contribution in [1.82, 2.24) is 4.90 Å². The zero-order valence-electron chi connectivity index (χ0n) is 22.0. The summed E-state index contributed by atoms with van der Waals surface area (Å²) in [6.45, 7) is 9.20. The Labute approximate surface area is 222 Å². The molecule has 2 aromatic carbocycles. The van der Waals surface area contributed by atoms with E-state index in [4.69, 9.17) is 4.74 Å². The third kappa shape index (κ3) is 3.61. The van der Waals surface area contributed by atoms with Crippen molar-refractivity contribution in [2.45, 2.75) is 56.9 Å². The van der Waals surface area contributed by atoms with E-state index in [-0.39, 0.29) is 12.5 Å². The standard InChI is InChI=1S/C30H34N2O6/c1-5-16-31(24-18(2)10-9-11-19(24)3)27(35)25-30-15-14-29(4,38-30)23(28(36)37)22(30)26(34)32(25)21(17-33)20-12-7-6-8-13-20/h5-13,21-23,25,33H,1,14-17H2,2-4H3,(H,36,37)/t21-,22+,23+,25?,29-,30?/m1/s1. The van der Waals surface area contributed by atoms with Crippen LogP contribution in [0.5, 0.6) is 0 Å². The van der Waals surface area contributed by atoms with Gasteiger partial charge in [0.25, 0.3) is 5.91 Å². The number of aliphatic carboxylic acids is 1. The first-order chi connectivity index (χ1) is 18.1. The lowest BCUT2D eigenvalue weighted by molar-refractivity contribution is -0.155. The summed E-state index contributed by atoms with van der Waals surface area (Å²) in [7, 11) is 0. The van der Waals surface area contributed by atoms with Crippen LogP contribution in [0.15, 0.2) is 61.2 Å². The maximum atomic E-state index is 14.7. The summed E-state index contributed by atoms with van der Waals surface area (Å²) in [4.78, 5) is 44.5. The molecule has 0 saturated carbocycles. The molecule has 2 N–H and O–H groups in total. The molecule has 2 unspecified atom stereocenters. The second-order valence-electron chi connectivity index (χ2n) is 10.9. The Hall–Kier alpha value is -3.49. The molecule has 3 aliphatic heterocycles. The molecule has 8 nitrogen and oxygen atoms in total. The number of hydrogen-bond donors (Lipinski definition) is 2. The number of carbonyl (C=O) groups excluding carboxylic acids is 2. The normalized spacial score (nSPS) is 30.3. The number of amides is 2. The fourth-order valence-corrected chi connectivity index (χ4v) is 7.18. The van der Waals surface area contributed by atoms with E-state index < -0.39 is 53.6 Å². The maximum Gasteiger partial charge on any atom is 0.310 e. The van der Waals surface area contributed by atoms with Crippen LogP contribution < -0.4 is 4.90 Å². The number of anilines is 1. The van der Waals surface area contributed by atoms with Gasteiger partial charge < -0.3 is 24.7 Å². The van der Waals surface area contributed by atoms with Crippen LogP contribution >= 0.6 is 0 Å². The van der Waals surface area contributed by atoms with Crippen LogP contribution in [-0.2, 0) is 19.1 Å². The first kappa shape index (κ1) is 26.1. The molecule has 3 aliphatic rings. The van der Waals surface area contributed by atoms with E-state index in [0.717, 1.165) is 16.8 Å². The molecular formula is C30H34N2O6. The Morgan fingerprint density at radius 2 is 1.82 bits per heavy atom. The van der Waals surface area contributed by atoms with Crippen molar-refractivity contribution in [2.24, 2.45) is 11.8 Å². The average molecular weight is 519 g/mol. The first-order valence-corrected chi connectivity index (χ1v) is 13.0. The van der Waals surface area contributed by atoms with Crippen LogP contribution in [0.1, 0.15) is 42.5 Å². The zero-order valence-corrected chi connectivity index (χ0v) is 22.0. The number of ether oxygens (including phenoxy) is 1. The van der Waals surface area contributed by atoms with E-state index in [9.17, 15) is 24.6 Å². The summed E-state index contributed by atoms with van der Waals surface area (Å²) in [5.74, 6) is -4.08. The van der Waals surface area contributed by atoms with Gasteiger partial charge in [0.2, 0.25) is 5.91 Å². The van der Waals surface area contributed by atoms with Gasteiger partial charge in [-0.3, -0.25) is 14.4 Å². The highest BCUT2D eigenvalue weighted by Gasteiger charge is 2.79. The van der Waals surface area contributed by atoms with Crippen LogP contribution in [0, 0.1) is 25.7 Å². The van der Waals surface area contributed by atoms with Crippen molar-refractivity contribution in [3.8, 4) is 0 Å². The molecular weight excluding hydrogens is 484 g/mol. The second kappa shape index (κ2) is 9.36. The largest absolute Gasteiger partial charge is 0.481 e. The Morgan fingerprint density at radius 3 is 2.39 bits per heavy atom. The van der Waals surface area contributed by atoms with Gasteiger partial charge in [-0.05, 0) is 50.3 Å². The van der Waals surface area contributed by atoms with Crippen molar-refractivity contribution in [1.29, 1.82) is 0 Å². The van der Waals surface area contributed by atoms with Gasteiger partial charge in [0.05, 0.1) is 30.1 Å². The number of para-hydroxylation sites is 1. The summed E-state index contributed by atoms with van der Waals surface area (Å²) >= 11 is 0. The lowest BCUT2D eigenvalue weighted by Gasteiger charge is -2.40. The van der Waals surface area contributed by atoms with Crippen molar-refractivity contribution < 1.29 is 29.3 Å².